The van der Waals surface area contributed by atoms with Crippen LogP contribution in [0.3, 0.4) is 0 Å². The molecule has 2 N–H and O–H groups in total. The molecule has 2 heterocycles. The van der Waals surface area contributed by atoms with Crippen molar-refractivity contribution in [2.24, 2.45) is 11.1 Å². The lowest BCUT2D eigenvalue weighted by Gasteiger charge is -2.26. The molecule has 0 aliphatic carbocycles. The zero-order valence-electron chi connectivity index (χ0n) is 18.8. The minimum Gasteiger partial charge on any atom is -0.491 e. The van der Waals surface area contributed by atoms with Gasteiger partial charge in [-0.2, -0.15) is 0 Å². The van der Waals surface area contributed by atoms with Crippen LogP contribution in [0.2, 0.25) is 0 Å². The van der Waals surface area contributed by atoms with Gasteiger partial charge >= 0.3 is 0 Å². The van der Waals surface area contributed by atoms with Gasteiger partial charge in [0, 0.05) is 25.5 Å². The molecule has 0 radical (unpaired) electrons. The number of nitrogens with two attached hydrogens (primary N) is 1. The lowest BCUT2D eigenvalue weighted by Crippen LogP contribution is -2.41. The fourth-order valence-electron chi connectivity index (χ4n) is 4.57. The van der Waals surface area contributed by atoms with E-state index in [0.717, 1.165) is 42.0 Å². The topological polar surface area (TPSA) is 68.4 Å². The number of rotatable bonds is 8. The van der Waals surface area contributed by atoms with Crippen molar-refractivity contribution in [2.45, 2.75) is 39.3 Å². The predicted molar refractivity (Wildman–Crippen MR) is 127 cm³/mol. The van der Waals surface area contributed by atoms with E-state index in [-0.39, 0.29) is 12.0 Å². The number of hydrogen-bond donors (Lipinski definition) is 1. The molecule has 32 heavy (non-hydrogen) atoms. The molecule has 0 unspecified atom stereocenters. The van der Waals surface area contributed by atoms with Crippen molar-refractivity contribution in [1.82, 2.24) is 9.88 Å². The fourth-order valence-corrected chi connectivity index (χ4v) is 4.57. The number of ether oxygens (including phenoxy) is 1. The Morgan fingerprint density at radius 3 is 2.56 bits per heavy atom. The first kappa shape index (κ1) is 22.0. The number of amides is 1. The van der Waals surface area contributed by atoms with Crippen molar-refractivity contribution < 1.29 is 9.53 Å². The smallest absolute Gasteiger partial charge is 0.225 e. The first-order chi connectivity index (χ1) is 15.4. The average Bonchev–Trinajstić information content (AvgIpc) is 3.18. The second-order valence-electron chi connectivity index (χ2n) is 9.03. The van der Waals surface area contributed by atoms with Gasteiger partial charge in [-0.15, -0.1) is 0 Å². The number of pyridine rings is 1. The highest BCUT2D eigenvalue weighted by Crippen LogP contribution is 2.36. The van der Waals surface area contributed by atoms with Gasteiger partial charge in [-0.3, -0.25) is 14.7 Å². The Hall–Kier alpha value is -3.18. The number of hydrogen-bond acceptors (Lipinski definition) is 4. The molecule has 166 valence electrons. The molecular formula is C27H31N3O2. The Morgan fingerprint density at radius 2 is 1.81 bits per heavy atom. The highest BCUT2D eigenvalue weighted by Gasteiger charge is 2.43. The van der Waals surface area contributed by atoms with Crippen molar-refractivity contribution in [3.8, 4) is 16.9 Å². The first-order valence-corrected chi connectivity index (χ1v) is 11.2. The van der Waals surface area contributed by atoms with Crippen LogP contribution in [0.15, 0.2) is 73.1 Å². The molecule has 1 amide bonds. The summed E-state index contributed by atoms with van der Waals surface area (Å²) in [6, 6.07) is 20.6. The van der Waals surface area contributed by atoms with Crippen molar-refractivity contribution in [3.05, 3.63) is 84.2 Å². The second kappa shape index (κ2) is 9.53. The Bertz CT molecular complexity index is 1070. The summed E-state index contributed by atoms with van der Waals surface area (Å²) >= 11 is 0. The van der Waals surface area contributed by atoms with Crippen LogP contribution in [0.4, 0.5) is 0 Å². The van der Waals surface area contributed by atoms with E-state index < -0.39 is 5.41 Å². The van der Waals surface area contributed by atoms with Crippen LogP contribution in [0, 0.1) is 5.41 Å². The number of carbonyl (C=O) groups is 1. The Morgan fingerprint density at radius 1 is 1.06 bits per heavy atom. The third-order valence-corrected chi connectivity index (χ3v) is 6.12. The van der Waals surface area contributed by atoms with Crippen LogP contribution in [0.1, 0.15) is 31.4 Å². The summed E-state index contributed by atoms with van der Waals surface area (Å²) in [4.78, 5) is 19.0. The van der Waals surface area contributed by atoms with E-state index in [4.69, 9.17) is 10.5 Å². The lowest BCUT2D eigenvalue weighted by atomic mass is 9.79. The van der Waals surface area contributed by atoms with Crippen molar-refractivity contribution in [3.63, 3.8) is 0 Å². The standard InChI is InChI=1S/C27H31N3O2/c1-20(2)32-25-8-4-6-22(16-25)18-30-14-11-27(19-30,26(28)31)17-21-5-3-7-24(15-21)23-9-12-29-13-10-23/h3-10,12-13,15-16,20H,11,14,17-19H2,1-2H3,(H2,28,31)/t27-/m1/s1. The molecule has 5 heteroatoms. The molecule has 3 aromatic rings. The van der Waals surface area contributed by atoms with Gasteiger partial charge in [0.2, 0.25) is 5.91 Å². The van der Waals surface area contributed by atoms with Gasteiger partial charge in [0.05, 0.1) is 11.5 Å². The van der Waals surface area contributed by atoms with Crippen LogP contribution in [-0.2, 0) is 17.8 Å². The maximum absolute atomic E-state index is 12.6. The largest absolute Gasteiger partial charge is 0.491 e. The zero-order valence-corrected chi connectivity index (χ0v) is 18.8. The molecule has 0 bridgehead atoms. The third-order valence-electron chi connectivity index (χ3n) is 6.12. The molecule has 1 saturated heterocycles. The molecule has 1 aliphatic heterocycles. The molecule has 5 nitrogen and oxygen atoms in total. The van der Waals surface area contributed by atoms with Gasteiger partial charge in [-0.05, 0) is 79.8 Å². The molecule has 0 spiro atoms. The van der Waals surface area contributed by atoms with Crippen LogP contribution in [-0.4, -0.2) is 35.0 Å². The fraction of sp³-hybridized carbons (Fsp3) is 0.333. The summed E-state index contributed by atoms with van der Waals surface area (Å²) in [5.41, 5.74) is 9.98. The summed E-state index contributed by atoms with van der Waals surface area (Å²) in [5, 5.41) is 0. The van der Waals surface area contributed by atoms with Gasteiger partial charge in [-0.1, -0.05) is 36.4 Å². The minimum absolute atomic E-state index is 0.141. The number of primary amides is 1. The van der Waals surface area contributed by atoms with Crippen LogP contribution in [0.25, 0.3) is 11.1 Å². The van der Waals surface area contributed by atoms with Gasteiger partial charge in [0.25, 0.3) is 0 Å². The number of aromatic nitrogens is 1. The summed E-state index contributed by atoms with van der Waals surface area (Å²) < 4.78 is 5.83. The molecule has 1 atom stereocenters. The normalized spacial score (nSPS) is 18.7. The molecule has 0 saturated carbocycles. The van der Waals surface area contributed by atoms with Gasteiger partial charge in [0.1, 0.15) is 5.75 Å². The van der Waals surface area contributed by atoms with Gasteiger partial charge in [-0.25, -0.2) is 0 Å². The summed E-state index contributed by atoms with van der Waals surface area (Å²) in [5.74, 6) is 0.664. The average molecular weight is 430 g/mol. The number of likely N-dealkylation sites (tertiary alicyclic amines) is 1. The van der Waals surface area contributed by atoms with Gasteiger partial charge in [0.15, 0.2) is 0 Å². The van der Waals surface area contributed by atoms with E-state index in [2.05, 4.69) is 40.2 Å². The Balaban J connectivity index is 1.48. The summed E-state index contributed by atoms with van der Waals surface area (Å²) in [6.07, 6.45) is 5.15. The van der Waals surface area contributed by atoms with Crippen LogP contribution < -0.4 is 10.5 Å². The first-order valence-electron chi connectivity index (χ1n) is 11.2. The monoisotopic (exact) mass is 429 g/mol. The minimum atomic E-state index is -0.553. The van der Waals surface area contributed by atoms with Crippen LogP contribution >= 0.6 is 0 Å². The van der Waals surface area contributed by atoms with Crippen LogP contribution in [0.5, 0.6) is 5.75 Å². The molecule has 1 aliphatic rings. The van der Waals surface area contributed by atoms with E-state index in [9.17, 15) is 4.79 Å². The molecule has 2 aromatic carbocycles. The van der Waals surface area contributed by atoms with E-state index in [0.29, 0.717) is 13.0 Å². The number of carbonyl (C=O) groups excluding carboxylic acids is 1. The number of nitrogens with zero attached hydrogens (tertiary/aromatic N) is 2. The highest BCUT2D eigenvalue weighted by atomic mass is 16.5. The molecular weight excluding hydrogens is 398 g/mol. The second-order valence-corrected chi connectivity index (χ2v) is 9.03. The third kappa shape index (κ3) is 5.17. The van der Waals surface area contributed by atoms with Gasteiger partial charge < -0.3 is 10.5 Å². The Labute approximate surface area is 190 Å². The summed E-state index contributed by atoms with van der Waals surface area (Å²) in [7, 11) is 0. The van der Waals surface area contributed by atoms with Crippen molar-refractivity contribution in [2.75, 3.05) is 13.1 Å². The quantitative estimate of drug-likeness (QED) is 0.574. The Kier molecular flexibility index (Phi) is 6.56. The molecule has 1 fully saturated rings. The van der Waals surface area contributed by atoms with Crippen molar-refractivity contribution >= 4 is 5.91 Å². The maximum Gasteiger partial charge on any atom is 0.225 e. The SMILES string of the molecule is CC(C)Oc1cccc(CN2CC[C@](Cc3cccc(-c4ccncc4)c3)(C(N)=O)C2)c1. The van der Waals surface area contributed by atoms with Crippen molar-refractivity contribution in [1.29, 1.82) is 0 Å². The molecule has 1 aromatic heterocycles. The summed E-state index contributed by atoms with van der Waals surface area (Å²) in [6.45, 7) is 6.34. The maximum atomic E-state index is 12.6. The lowest BCUT2D eigenvalue weighted by molar-refractivity contribution is -0.127. The zero-order chi connectivity index (χ0) is 22.6. The predicted octanol–water partition coefficient (Wildman–Crippen LogP) is 4.46. The van der Waals surface area contributed by atoms with E-state index in [1.807, 2.05) is 44.2 Å². The van der Waals surface area contributed by atoms with E-state index in [1.54, 1.807) is 12.4 Å². The van der Waals surface area contributed by atoms with E-state index in [1.165, 1.54) is 5.56 Å². The number of benzene rings is 2. The highest BCUT2D eigenvalue weighted by molar-refractivity contribution is 5.82. The van der Waals surface area contributed by atoms with E-state index >= 15 is 0 Å². The molecule has 4 rings (SSSR count).